The summed E-state index contributed by atoms with van der Waals surface area (Å²) in [5.74, 6) is 0.625. The Bertz CT molecular complexity index is 105. The Hall–Kier alpha value is -0.520. The van der Waals surface area contributed by atoms with Crippen LogP contribution in [0.5, 0.6) is 0 Å². The topological polar surface area (TPSA) is 0 Å². The third kappa shape index (κ3) is 5.35. The molecule has 0 aliphatic rings. The van der Waals surface area contributed by atoms with E-state index < -0.39 is 0 Å². The van der Waals surface area contributed by atoms with Gasteiger partial charge in [-0.1, -0.05) is 24.6 Å². The summed E-state index contributed by atoms with van der Waals surface area (Å²) in [7, 11) is 0. The highest BCUT2D eigenvalue weighted by atomic mass is 14.0. The molecule has 0 heteroatoms. The van der Waals surface area contributed by atoms with Gasteiger partial charge in [-0.25, -0.2) is 0 Å². The van der Waals surface area contributed by atoms with Crippen LogP contribution >= 0.6 is 0 Å². The average Bonchev–Trinajstić information content (AvgIpc) is 1.83. The van der Waals surface area contributed by atoms with Gasteiger partial charge in [0.05, 0.1) is 0 Å². The van der Waals surface area contributed by atoms with E-state index in [0.717, 1.165) is 6.42 Å². The Labute approximate surface area is 58.3 Å². The molecule has 0 bridgehead atoms. The standard InChI is InChI=1S/C9H16/c1-5-9(4)7-6-8(2)3/h5-6,9H,1,7H2,2-4H3. The summed E-state index contributed by atoms with van der Waals surface area (Å²) < 4.78 is 0. The molecule has 0 aromatic heterocycles. The van der Waals surface area contributed by atoms with Crippen LogP contribution in [0.15, 0.2) is 24.3 Å². The van der Waals surface area contributed by atoms with Crippen LogP contribution in [0, 0.1) is 5.92 Å². The molecule has 0 N–H and O–H groups in total. The molecule has 0 radical (unpaired) electrons. The Kier molecular flexibility index (Phi) is 4.12. The number of hydrogen-bond acceptors (Lipinski definition) is 0. The fraction of sp³-hybridized carbons (Fsp3) is 0.556. The van der Waals surface area contributed by atoms with E-state index in [2.05, 4.69) is 33.4 Å². The smallest absolute Gasteiger partial charge is 0.0230 e. The molecule has 0 fully saturated rings. The maximum atomic E-state index is 3.71. The summed E-state index contributed by atoms with van der Waals surface area (Å²) in [6.07, 6.45) is 5.36. The van der Waals surface area contributed by atoms with Crippen LogP contribution in [-0.2, 0) is 0 Å². The zero-order valence-electron chi connectivity index (χ0n) is 6.65. The molecule has 0 nitrogen and oxygen atoms in total. The fourth-order valence-electron chi connectivity index (χ4n) is 0.518. The van der Waals surface area contributed by atoms with Crippen LogP contribution < -0.4 is 0 Å². The van der Waals surface area contributed by atoms with Crippen molar-refractivity contribution in [2.45, 2.75) is 27.2 Å². The van der Waals surface area contributed by atoms with Gasteiger partial charge in [0.1, 0.15) is 0 Å². The molecule has 0 aliphatic heterocycles. The lowest BCUT2D eigenvalue weighted by atomic mass is 10.1. The minimum absolute atomic E-state index is 0.625. The molecule has 1 atom stereocenters. The first kappa shape index (κ1) is 8.48. The van der Waals surface area contributed by atoms with Gasteiger partial charge in [-0.2, -0.15) is 0 Å². The minimum Gasteiger partial charge on any atom is -0.103 e. The van der Waals surface area contributed by atoms with Gasteiger partial charge in [0.15, 0.2) is 0 Å². The lowest BCUT2D eigenvalue weighted by molar-refractivity contribution is 0.743. The second kappa shape index (κ2) is 4.37. The minimum atomic E-state index is 0.625. The second-order valence-electron chi connectivity index (χ2n) is 2.73. The summed E-state index contributed by atoms with van der Waals surface area (Å²) in [6.45, 7) is 10.1. The Morgan fingerprint density at radius 3 is 2.44 bits per heavy atom. The number of allylic oxidation sites excluding steroid dienone is 3. The summed E-state index contributed by atoms with van der Waals surface area (Å²) in [6, 6.07) is 0. The van der Waals surface area contributed by atoms with Gasteiger partial charge in [-0.05, 0) is 26.2 Å². The number of hydrogen-bond donors (Lipinski definition) is 0. The molecule has 0 spiro atoms. The lowest BCUT2D eigenvalue weighted by Gasteiger charge is -1.98. The van der Waals surface area contributed by atoms with Gasteiger partial charge in [0, 0.05) is 0 Å². The Morgan fingerprint density at radius 2 is 2.11 bits per heavy atom. The molecule has 1 unspecified atom stereocenters. The van der Waals surface area contributed by atoms with Crippen LogP contribution in [0.2, 0.25) is 0 Å². The van der Waals surface area contributed by atoms with Crippen molar-refractivity contribution in [3.8, 4) is 0 Å². The van der Waals surface area contributed by atoms with Crippen molar-refractivity contribution in [1.82, 2.24) is 0 Å². The fourth-order valence-corrected chi connectivity index (χ4v) is 0.518. The molecule has 0 saturated carbocycles. The zero-order chi connectivity index (χ0) is 7.28. The van der Waals surface area contributed by atoms with Gasteiger partial charge in [0.25, 0.3) is 0 Å². The van der Waals surface area contributed by atoms with Crippen molar-refractivity contribution in [2.75, 3.05) is 0 Å². The quantitative estimate of drug-likeness (QED) is 0.507. The predicted octanol–water partition coefficient (Wildman–Crippen LogP) is 3.16. The van der Waals surface area contributed by atoms with Gasteiger partial charge in [-0.3, -0.25) is 0 Å². The molecule has 0 rings (SSSR count). The molecule has 0 aromatic rings. The monoisotopic (exact) mass is 124 g/mol. The molecule has 52 valence electrons. The largest absolute Gasteiger partial charge is 0.103 e. The molecule has 0 heterocycles. The molecule has 0 aromatic carbocycles. The van der Waals surface area contributed by atoms with Crippen molar-refractivity contribution in [1.29, 1.82) is 0 Å². The van der Waals surface area contributed by atoms with Crippen LogP contribution in [0.3, 0.4) is 0 Å². The van der Waals surface area contributed by atoms with E-state index in [1.165, 1.54) is 5.57 Å². The summed E-state index contributed by atoms with van der Waals surface area (Å²) in [4.78, 5) is 0. The molecular formula is C9H16. The van der Waals surface area contributed by atoms with E-state index in [0.29, 0.717) is 5.92 Å². The maximum Gasteiger partial charge on any atom is -0.0230 e. The molecular weight excluding hydrogens is 108 g/mol. The normalized spacial score (nSPS) is 12.3. The first-order chi connectivity index (χ1) is 4.16. The third-order valence-electron chi connectivity index (χ3n) is 1.30. The Balaban J connectivity index is 3.49. The maximum absolute atomic E-state index is 3.71. The third-order valence-corrected chi connectivity index (χ3v) is 1.30. The van der Waals surface area contributed by atoms with E-state index >= 15 is 0 Å². The van der Waals surface area contributed by atoms with Crippen molar-refractivity contribution in [3.63, 3.8) is 0 Å². The van der Waals surface area contributed by atoms with E-state index in [1.54, 1.807) is 0 Å². The van der Waals surface area contributed by atoms with Crippen LogP contribution in [-0.4, -0.2) is 0 Å². The van der Waals surface area contributed by atoms with Gasteiger partial charge >= 0.3 is 0 Å². The molecule has 0 saturated heterocycles. The number of rotatable bonds is 3. The highest BCUT2D eigenvalue weighted by molar-refractivity contribution is 4.95. The molecule has 0 amide bonds. The second-order valence-corrected chi connectivity index (χ2v) is 2.73. The SMILES string of the molecule is C=CC(C)CC=C(C)C. The van der Waals surface area contributed by atoms with Gasteiger partial charge < -0.3 is 0 Å². The average molecular weight is 124 g/mol. The predicted molar refractivity (Wildman–Crippen MR) is 43.4 cm³/mol. The highest BCUT2D eigenvalue weighted by Gasteiger charge is 1.89. The van der Waals surface area contributed by atoms with Crippen LogP contribution in [0.25, 0.3) is 0 Å². The van der Waals surface area contributed by atoms with Gasteiger partial charge in [-0.15, -0.1) is 6.58 Å². The summed E-state index contributed by atoms with van der Waals surface area (Å²) in [5.41, 5.74) is 1.39. The van der Waals surface area contributed by atoms with E-state index in [1.807, 2.05) is 6.08 Å². The van der Waals surface area contributed by atoms with E-state index in [-0.39, 0.29) is 0 Å². The summed E-state index contributed by atoms with van der Waals surface area (Å²) >= 11 is 0. The highest BCUT2D eigenvalue weighted by Crippen LogP contribution is 2.04. The van der Waals surface area contributed by atoms with Crippen LogP contribution in [0.4, 0.5) is 0 Å². The lowest BCUT2D eigenvalue weighted by Crippen LogP contribution is -1.84. The first-order valence-corrected chi connectivity index (χ1v) is 3.42. The first-order valence-electron chi connectivity index (χ1n) is 3.42. The van der Waals surface area contributed by atoms with E-state index in [9.17, 15) is 0 Å². The van der Waals surface area contributed by atoms with E-state index in [4.69, 9.17) is 0 Å². The van der Waals surface area contributed by atoms with Crippen molar-refractivity contribution >= 4 is 0 Å². The molecule has 0 aliphatic carbocycles. The Morgan fingerprint density at radius 1 is 1.56 bits per heavy atom. The van der Waals surface area contributed by atoms with Crippen molar-refractivity contribution in [2.24, 2.45) is 5.92 Å². The molecule has 9 heavy (non-hydrogen) atoms. The zero-order valence-corrected chi connectivity index (χ0v) is 6.65. The van der Waals surface area contributed by atoms with Crippen molar-refractivity contribution in [3.05, 3.63) is 24.3 Å². The van der Waals surface area contributed by atoms with Crippen molar-refractivity contribution < 1.29 is 0 Å². The van der Waals surface area contributed by atoms with Gasteiger partial charge in [0.2, 0.25) is 0 Å². The summed E-state index contributed by atoms with van der Waals surface area (Å²) in [5, 5.41) is 0. The van der Waals surface area contributed by atoms with Crippen LogP contribution in [0.1, 0.15) is 27.2 Å².